The average Bonchev–Trinajstić information content (AvgIpc) is 3.30. The monoisotopic (exact) mass is 487 g/mol. The number of carbonyl (C=O) groups excluding carboxylic acids is 2. The number of aromatic nitrogens is 3. The molecule has 0 saturated carbocycles. The third kappa shape index (κ3) is 4.72. The highest BCUT2D eigenvalue weighted by molar-refractivity contribution is 7.99. The van der Waals surface area contributed by atoms with Crippen molar-refractivity contribution >= 4 is 34.3 Å². The largest absolute Gasteiger partial charge is 0.483 e. The molecule has 8 nitrogen and oxygen atoms in total. The molecule has 1 aliphatic heterocycles. The zero-order valence-corrected chi connectivity index (χ0v) is 20.3. The van der Waals surface area contributed by atoms with Crippen molar-refractivity contribution < 1.29 is 14.3 Å². The molecule has 0 fully saturated rings. The van der Waals surface area contributed by atoms with E-state index in [0.29, 0.717) is 10.9 Å². The minimum absolute atomic E-state index is 0.0837. The lowest BCUT2D eigenvalue weighted by Gasteiger charge is -2.34. The second kappa shape index (κ2) is 9.42. The molecule has 0 saturated heterocycles. The molecule has 5 rings (SSSR count). The highest BCUT2D eigenvalue weighted by Gasteiger charge is 2.34. The third-order valence-corrected chi connectivity index (χ3v) is 6.83. The standard InChI is InChI=1S/C26H25N5O3S/c1-26(2)14-18-9-4-6-12-20(18)24-29-30-25(31(24)26)35-16-23(33)28-27-22(32)15-34-21-13-7-10-17-8-3-5-11-19(17)21/h3-13H,14-16H2,1-2H3,(H,27,32)(H,28,33). The number of fused-ring (bicyclic) bond motifs is 4. The number of hydrogen-bond donors (Lipinski definition) is 2. The van der Waals surface area contributed by atoms with Crippen LogP contribution in [-0.2, 0) is 21.5 Å². The molecule has 3 aromatic carbocycles. The van der Waals surface area contributed by atoms with Gasteiger partial charge in [-0.05, 0) is 37.3 Å². The smallest absolute Gasteiger partial charge is 0.276 e. The molecule has 9 heteroatoms. The van der Waals surface area contributed by atoms with E-state index >= 15 is 0 Å². The summed E-state index contributed by atoms with van der Waals surface area (Å²) in [6, 6.07) is 21.6. The Morgan fingerprint density at radius 1 is 0.971 bits per heavy atom. The lowest BCUT2D eigenvalue weighted by atomic mass is 9.87. The van der Waals surface area contributed by atoms with Crippen LogP contribution >= 0.6 is 11.8 Å². The number of carbonyl (C=O) groups is 2. The lowest BCUT2D eigenvalue weighted by molar-refractivity contribution is -0.128. The van der Waals surface area contributed by atoms with Crippen molar-refractivity contribution in [3.63, 3.8) is 0 Å². The zero-order valence-electron chi connectivity index (χ0n) is 19.4. The molecular formula is C26H25N5O3S. The minimum atomic E-state index is -0.450. The maximum Gasteiger partial charge on any atom is 0.276 e. The van der Waals surface area contributed by atoms with Crippen molar-refractivity contribution in [1.29, 1.82) is 0 Å². The predicted octanol–water partition coefficient (Wildman–Crippen LogP) is 3.71. The summed E-state index contributed by atoms with van der Waals surface area (Å²) in [5, 5.41) is 11.3. The number of rotatable bonds is 6. The van der Waals surface area contributed by atoms with Crippen molar-refractivity contribution in [2.24, 2.45) is 0 Å². The number of hydrogen-bond acceptors (Lipinski definition) is 6. The summed E-state index contributed by atoms with van der Waals surface area (Å²) in [6.07, 6.45) is 0.848. The van der Waals surface area contributed by atoms with E-state index in [2.05, 4.69) is 45.5 Å². The molecule has 2 amide bonds. The van der Waals surface area contributed by atoms with Crippen LogP contribution in [0.15, 0.2) is 71.9 Å². The Hall–Kier alpha value is -3.85. The number of ether oxygens (including phenoxy) is 1. The molecule has 0 atom stereocenters. The first-order valence-corrected chi connectivity index (χ1v) is 12.3. The summed E-state index contributed by atoms with van der Waals surface area (Å²) in [5.41, 5.74) is 6.92. The number of benzene rings is 3. The Labute approximate surface area is 207 Å². The van der Waals surface area contributed by atoms with E-state index in [0.717, 1.165) is 28.6 Å². The van der Waals surface area contributed by atoms with Crippen molar-refractivity contribution in [3.8, 4) is 17.1 Å². The maximum atomic E-state index is 12.4. The van der Waals surface area contributed by atoms with Crippen molar-refractivity contribution in [2.45, 2.75) is 31.0 Å². The zero-order chi connectivity index (χ0) is 24.4. The van der Waals surface area contributed by atoms with Crippen LogP contribution in [0.4, 0.5) is 0 Å². The number of thioether (sulfide) groups is 1. The van der Waals surface area contributed by atoms with Crippen LogP contribution in [0.3, 0.4) is 0 Å². The Kier molecular flexibility index (Phi) is 6.17. The molecule has 1 aliphatic rings. The fraction of sp³-hybridized carbons (Fsp3) is 0.231. The molecule has 0 unspecified atom stereocenters. The number of amides is 2. The summed E-state index contributed by atoms with van der Waals surface area (Å²) in [7, 11) is 0. The van der Waals surface area contributed by atoms with Gasteiger partial charge in [0.1, 0.15) is 5.75 Å². The normalized spacial score (nSPS) is 13.5. The van der Waals surface area contributed by atoms with Gasteiger partial charge in [-0.2, -0.15) is 0 Å². The molecule has 1 aromatic heterocycles. The number of nitrogens with zero attached hydrogens (tertiary/aromatic N) is 3. The molecule has 0 bridgehead atoms. The summed E-state index contributed by atoms with van der Waals surface area (Å²) >= 11 is 1.28. The second-order valence-electron chi connectivity index (χ2n) is 8.94. The van der Waals surface area contributed by atoms with Crippen LogP contribution in [0.5, 0.6) is 5.75 Å². The molecule has 0 radical (unpaired) electrons. The Bertz CT molecular complexity index is 1410. The SMILES string of the molecule is CC1(C)Cc2ccccc2-c2nnc(SCC(=O)NNC(=O)COc3cccc4ccccc34)n21. The molecule has 0 aliphatic carbocycles. The van der Waals surface area contributed by atoms with Gasteiger partial charge < -0.3 is 4.74 Å². The van der Waals surface area contributed by atoms with Gasteiger partial charge in [0.25, 0.3) is 5.91 Å². The van der Waals surface area contributed by atoms with Gasteiger partial charge in [-0.25, -0.2) is 0 Å². The number of hydrazine groups is 1. The molecule has 2 N–H and O–H groups in total. The molecule has 35 heavy (non-hydrogen) atoms. The highest BCUT2D eigenvalue weighted by atomic mass is 32.2. The van der Waals surface area contributed by atoms with E-state index in [-0.39, 0.29) is 23.8 Å². The van der Waals surface area contributed by atoms with Gasteiger partial charge in [0.2, 0.25) is 5.91 Å². The number of nitrogens with one attached hydrogen (secondary N) is 2. The van der Waals surface area contributed by atoms with Crippen LogP contribution in [0.2, 0.25) is 0 Å². The first-order chi connectivity index (χ1) is 16.9. The summed E-state index contributed by atoms with van der Waals surface area (Å²) in [4.78, 5) is 24.6. The quantitative estimate of drug-likeness (QED) is 0.318. The average molecular weight is 488 g/mol. The van der Waals surface area contributed by atoms with Crippen LogP contribution in [0.1, 0.15) is 19.4 Å². The van der Waals surface area contributed by atoms with Crippen LogP contribution in [-0.4, -0.2) is 38.9 Å². The van der Waals surface area contributed by atoms with E-state index in [1.807, 2.05) is 60.7 Å². The minimum Gasteiger partial charge on any atom is -0.483 e. The molecule has 2 heterocycles. The Morgan fingerprint density at radius 2 is 1.71 bits per heavy atom. The van der Waals surface area contributed by atoms with Gasteiger partial charge in [-0.1, -0.05) is 72.4 Å². The van der Waals surface area contributed by atoms with Crippen molar-refractivity contribution in [2.75, 3.05) is 12.4 Å². The van der Waals surface area contributed by atoms with Gasteiger partial charge in [-0.3, -0.25) is 25.0 Å². The summed E-state index contributed by atoms with van der Waals surface area (Å²) < 4.78 is 7.74. The van der Waals surface area contributed by atoms with E-state index in [9.17, 15) is 9.59 Å². The van der Waals surface area contributed by atoms with E-state index in [1.54, 1.807) is 0 Å². The van der Waals surface area contributed by atoms with Gasteiger partial charge in [0, 0.05) is 16.5 Å². The third-order valence-electron chi connectivity index (χ3n) is 5.90. The first-order valence-electron chi connectivity index (χ1n) is 11.3. The fourth-order valence-electron chi connectivity index (χ4n) is 4.33. The molecule has 4 aromatic rings. The maximum absolute atomic E-state index is 12.4. The van der Waals surface area contributed by atoms with E-state index < -0.39 is 5.91 Å². The predicted molar refractivity (Wildman–Crippen MR) is 135 cm³/mol. The summed E-state index contributed by atoms with van der Waals surface area (Å²) in [6.45, 7) is 4.05. The second-order valence-corrected chi connectivity index (χ2v) is 9.88. The lowest BCUT2D eigenvalue weighted by Crippen LogP contribution is -2.44. The van der Waals surface area contributed by atoms with Crippen LogP contribution in [0.25, 0.3) is 22.2 Å². The molecule has 178 valence electrons. The molecular weight excluding hydrogens is 462 g/mol. The van der Waals surface area contributed by atoms with Gasteiger partial charge in [0.15, 0.2) is 17.6 Å². The van der Waals surface area contributed by atoms with E-state index in [1.165, 1.54) is 17.3 Å². The summed E-state index contributed by atoms with van der Waals surface area (Å²) in [5.74, 6) is 0.702. The fourth-order valence-corrected chi connectivity index (χ4v) is 5.22. The van der Waals surface area contributed by atoms with Crippen LogP contribution in [0, 0.1) is 0 Å². The Balaban J connectivity index is 1.15. The Morgan fingerprint density at radius 3 is 2.60 bits per heavy atom. The van der Waals surface area contributed by atoms with Crippen molar-refractivity contribution in [1.82, 2.24) is 25.6 Å². The molecule has 0 spiro atoms. The van der Waals surface area contributed by atoms with E-state index in [4.69, 9.17) is 4.74 Å². The van der Waals surface area contributed by atoms with Crippen LogP contribution < -0.4 is 15.6 Å². The van der Waals surface area contributed by atoms with Gasteiger partial charge in [0.05, 0.1) is 5.75 Å². The van der Waals surface area contributed by atoms with Gasteiger partial charge >= 0.3 is 0 Å². The van der Waals surface area contributed by atoms with Gasteiger partial charge in [-0.15, -0.1) is 10.2 Å². The highest BCUT2D eigenvalue weighted by Crippen LogP contribution is 2.39. The first kappa shape index (κ1) is 22.9. The topological polar surface area (TPSA) is 98.1 Å². The van der Waals surface area contributed by atoms with Crippen molar-refractivity contribution in [3.05, 3.63) is 72.3 Å².